The third-order valence-corrected chi connectivity index (χ3v) is 4.54. The van der Waals surface area contributed by atoms with Crippen molar-refractivity contribution in [1.82, 2.24) is 24.2 Å². The van der Waals surface area contributed by atoms with E-state index in [9.17, 15) is 0 Å². The fraction of sp³-hybridized carbons (Fsp3) is 0.412. The lowest BCUT2D eigenvalue weighted by atomic mass is 10.2. The Hall–Kier alpha value is -2.34. The molecule has 1 unspecified atom stereocenters. The van der Waals surface area contributed by atoms with Gasteiger partial charge in [0.1, 0.15) is 17.3 Å². The van der Waals surface area contributed by atoms with Crippen molar-refractivity contribution in [2.24, 2.45) is 0 Å². The minimum atomic E-state index is 0.278. The standard InChI is InChI=1S/C17H21N5O/c1-13-4-5-16(23-13)12-20-8-9-22-15(10-18-17(22)14(20)2)11-21-7-3-6-19-21/h3-7,10,14H,8-9,11-12H2,1-2H3. The monoisotopic (exact) mass is 311 g/mol. The number of aryl methyl sites for hydroxylation is 1. The summed E-state index contributed by atoms with van der Waals surface area (Å²) in [6.07, 6.45) is 5.77. The maximum absolute atomic E-state index is 5.72. The molecule has 23 heavy (non-hydrogen) atoms. The molecule has 6 nitrogen and oxygen atoms in total. The SMILES string of the molecule is Cc1ccc(CN2CCn3c(Cn4cccn4)cnc3C2C)o1. The molecule has 4 rings (SSSR count). The number of furan rings is 1. The molecule has 0 N–H and O–H groups in total. The van der Waals surface area contributed by atoms with Gasteiger partial charge in [-0.2, -0.15) is 5.10 Å². The average molecular weight is 311 g/mol. The van der Waals surface area contributed by atoms with E-state index in [2.05, 4.69) is 32.5 Å². The van der Waals surface area contributed by atoms with Gasteiger partial charge in [0, 0.05) is 25.5 Å². The van der Waals surface area contributed by atoms with Crippen molar-refractivity contribution in [1.29, 1.82) is 0 Å². The molecule has 0 aromatic carbocycles. The molecule has 3 aromatic rings. The highest BCUT2D eigenvalue weighted by Crippen LogP contribution is 2.27. The quantitative estimate of drug-likeness (QED) is 0.743. The van der Waals surface area contributed by atoms with E-state index in [1.807, 2.05) is 42.3 Å². The summed E-state index contributed by atoms with van der Waals surface area (Å²) < 4.78 is 9.98. The van der Waals surface area contributed by atoms with Crippen molar-refractivity contribution in [2.45, 2.75) is 39.5 Å². The summed E-state index contributed by atoms with van der Waals surface area (Å²) in [5.41, 5.74) is 1.21. The number of hydrogen-bond donors (Lipinski definition) is 0. The molecule has 0 amide bonds. The van der Waals surface area contributed by atoms with E-state index < -0.39 is 0 Å². The lowest BCUT2D eigenvalue weighted by Crippen LogP contribution is -2.37. The van der Waals surface area contributed by atoms with Gasteiger partial charge in [0.15, 0.2) is 0 Å². The van der Waals surface area contributed by atoms with E-state index in [1.165, 1.54) is 5.69 Å². The average Bonchev–Trinajstić information content (AvgIpc) is 3.25. The molecule has 120 valence electrons. The summed E-state index contributed by atoms with van der Waals surface area (Å²) in [6, 6.07) is 6.31. The van der Waals surface area contributed by atoms with E-state index in [-0.39, 0.29) is 6.04 Å². The van der Waals surface area contributed by atoms with Crippen LogP contribution in [0.5, 0.6) is 0 Å². The molecule has 0 saturated carbocycles. The lowest BCUT2D eigenvalue weighted by Gasteiger charge is -2.33. The second-order valence-electron chi connectivity index (χ2n) is 6.12. The van der Waals surface area contributed by atoms with E-state index in [0.29, 0.717) is 0 Å². The molecule has 0 radical (unpaired) electrons. The number of fused-ring (bicyclic) bond motifs is 1. The van der Waals surface area contributed by atoms with Gasteiger partial charge in [-0.05, 0) is 32.0 Å². The van der Waals surface area contributed by atoms with Crippen LogP contribution in [0.25, 0.3) is 0 Å². The van der Waals surface area contributed by atoms with Crippen LogP contribution in [-0.2, 0) is 19.6 Å². The van der Waals surface area contributed by atoms with Crippen molar-refractivity contribution in [3.63, 3.8) is 0 Å². The minimum Gasteiger partial charge on any atom is -0.465 e. The van der Waals surface area contributed by atoms with Gasteiger partial charge >= 0.3 is 0 Å². The molecule has 3 aromatic heterocycles. The molecular weight excluding hydrogens is 290 g/mol. The van der Waals surface area contributed by atoms with Crippen LogP contribution in [0.3, 0.4) is 0 Å². The van der Waals surface area contributed by atoms with Crippen LogP contribution in [0.1, 0.15) is 36.0 Å². The second kappa shape index (κ2) is 5.70. The molecule has 4 heterocycles. The van der Waals surface area contributed by atoms with E-state index in [0.717, 1.165) is 43.5 Å². The van der Waals surface area contributed by atoms with Crippen molar-refractivity contribution < 1.29 is 4.42 Å². The first-order valence-electron chi connectivity index (χ1n) is 8.02. The summed E-state index contributed by atoms with van der Waals surface area (Å²) in [5, 5.41) is 4.28. The van der Waals surface area contributed by atoms with Crippen LogP contribution in [0.4, 0.5) is 0 Å². The first-order chi connectivity index (χ1) is 11.2. The van der Waals surface area contributed by atoms with Gasteiger partial charge in [0.2, 0.25) is 0 Å². The highest BCUT2D eigenvalue weighted by atomic mass is 16.3. The number of imidazole rings is 1. The van der Waals surface area contributed by atoms with Gasteiger partial charge < -0.3 is 8.98 Å². The molecule has 0 aliphatic carbocycles. The Labute approximate surface area is 135 Å². The third kappa shape index (κ3) is 2.70. The summed E-state index contributed by atoms with van der Waals surface area (Å²) in [5.74, 6) is 3.11. The maximum atomic E-state index is 5.72. The zero-order valence-corrected chi connectivity index (χ0v) is 13.5. The molecular formula is C17H21N5O. The molecule has 1 aliphatic rings. The Morgan fingerprint density at radius 3 is 2.91 bits per heavy atom. The molecule has 1 atom stereocenters. The Morgan fingerprint density at radius 2 is 2.17 bits per heavy atom. The smallest absolute Gasteiger partial charge is 0.126 e. The van der Waals surface area contributed by atoms with Crippen LogP contribution < -0.4 is 0 Å². The highest BCUT2D eigenvalue weighted by molar-refractivity contribution is 5.13. The summed E-state index contributed by atoms with van der Waals surface area (Å²) in [7, 11) is 0. The molecule has 0 fully saturated rings. The topological polar surface area (TPSA) is 52.0 Å². The third-order valence-electron chi connectivity index (χ3n) is 4.54. The zero-order valence-electron chi connectivity index (χ0n) is 13.5. The van der Waals surface area contributed by atoms with Crippen LogP contribution in [0, 0.1) is 6.92 Å². The van der Waals surface area contributed by atoms with Crippen molar-refractivity contribution in [2.75, 3.05) is 6.54 Å². The summed E-state index contributed by atoms with van der Waals surface area (Å²) >= 11 is 0. The van der Waals surface area contributed by atoms with Gasteiger partial charge in [-0.15, -0.1) is 0 Å². The zero-order chi connectivity index (χ0) is 15.8. The lowest BCUT2D eigenvalue weighted by molar-refractivity contribution is 0.143. The van der Waals surface area contributed by atoms with Crippen molar-refractivity contribution in [3.8, 4) is 0 Å². The molecule has 0 saturated heterocycles. The molecule has 0 bridgehead atoms. The number of nitrogens with zero attached hydrogens (tertiary/aromatic N) is 5. The van der Waals surface area contributed by atoms with E-state index in [1.54, 1.807) is 0 Å². The van der Waals surface area contributed by atoms with E-state index >= 15 is 0 Å². The highest BCUT2D eigenvalue weighted by Gasteiger charge is 2.27. The van der Waals surface area contributed by atoms with Crippen molar-refractivity contribution >= 4 is 0 Å². The van der Waals surface area contributed by atoms with Crippen molar-refractivity contribution in [3.05, 3.63) is 59.8 Å². The van der Waals surface area contributed by atoms with Gasteiger partial charge in [-0.25, -0.2) is 4.98 Å². The summed E-state index contributed by atoms with van der Waals surface area (Å²) in [6.45, 7) is 7.75. The maximum Gasteiger partial charge on any atom is 0.126 e. The molecule has 1 aliphatic heterocycles. The first-order valence-corrected chi connectivity index (χ1v) is 8.02. The van der Waals surface area contributed by atoms with Gasteiger partial charge in [-0.1, -0.05) is 0 Å². The summed E-state index contributed by atoms with van der Waals surface area (Å²) in [4.78, 5) is 7.08. The Kier molecular flexibility index (Phi) is 3.53. The van der Waals surface area contributed by atoms with Crippen LogP contribution in [0.2, 0.25) is 0 Å². The van der Waals surface area contributed by atoms with Crippen LogP contribution in [-0.4, -0.2) is 30.8 Å². The Morgan fingerprint density at radius 1 is 1.26 bits per heavy atom. The molecule has 6 heteroatoms. The van der Waals surface area contributed by atoms with E-state index in [4.69, 9.17) is 4.42 Å². The minimum absolute atomic E-state index is 0.278. The normalized spacial score (nSPS) is 18.3. The van der Waals surface area contributed by atoms with Gasteiger partial charge in [0.05, 0.1) is 31.0 Å². The van der Waals surface area contributed by atoms with Crippen LogP contribution >= 0.6 is 0 Å². The predicted molar refractivity (Wildman–Crippen MR) is 85.8 cm³/mol. The molecule has 0 spiro atoms. The first kappa shape index (κ1) is 14.3. The van der Waals surface area contributed by atoms with Crippen LogP contribution in [0.15, 0.2) is 41.2 Å². The second-order valence-corrected chi connectivity index (χ2v) is 6.12. The number of hydrogen-bond acceptors (Lipinski definition) is 4. The largest absolute Gasteiger partial charge is 0.465 e. The Bertz CT molecular complexity index is 786. The Balaban J connectivity index is 1.53. The fourth-order valence-electron chi connectivity index (χ4n) is 3.28. The van der Waals surface area contributed by atoms with Gasteiger partial charge in [-0.3, -0.25) is 9.58 Å². The van der Waals surface area contributed by atoms with Gasteiger partial charge in [0.25, 0.3) is 0 Å². The number of rotatable bonds is 4. The fourth-order valence-corrected chi connectivity index (χ4v) is 3.28. The number of aromatic nitrogens is 4. The predicted octanol–water partition coefficient (Wildman–Crippen LogP) is 2.61.